The van der Waals surface area contributed by atoms with Crippen molar-refractivity contribution < 1.29 is 0 Å². The normalized spacial score (nSPS) is 13.2. The van der Waals surface area contributed by atoms with Crippen molar-refractivity contribution in [2.75, 3.05) is 7.05 Å². The highest BCUT2D eigenvalue weighted by Crippen LogP contribution is 2.11. The van der Waals surface area contributed by atoms with Gasteiger partial charge in [0.15, 0.2) is 0 Å². The molecule has 1 heterocycles. The zero-order chi connectivity index (χ0) is 11.4. The van der Waals surface area contributed by atoms with E-state index in [1.54, 1.807) is 0 Å². The van der Waals surface area contributed by atoms with Crippen LogP contribution < -0.4 is 5.32 Å². The highest BCUT2D eigenvalue weighted by molar-refractivity contribution is 5.12. The minimum atomic E-state index is 0.397. The van der Waals surface area contributed by atoms with E-state index in [1.807, 2.05) is 14.0 Å². The molecule has 0 bridgehead atoms. The summed E-state index contributed by atoms with van der Waals surface area (Å²) in [5.74, 6) is 1.35. The lowest BCUT2D eigenvalue weighted by Crippen LogP contribution is -2.24. The summed E-state index contributed by atoms with van der Waals surface area (Å²) in [7, 11) is 1.97. The van der Waals surface area contributed by atoms with Gasteiger partial charge in [0.25, 0.3) is 0 Å². The summed E-state index contributed by atoms with van der Waals surface area (Å²) in [6.07, 6.45) is 0.958. The quantitative estimate of drug-likeness (QED) is 0.821. The van der Waals surface area contributed by atoms with E-state index in [0.29, 0.717) is 12.0 Å². The van der Waals surface area contributed by atoms with E-state index in [-0.39, 0.29) is 0 Å². The summed E-state index contributed by atoms with van der Waals surface area (Å²) in [6.45, 7) is 8.44. The lowest BCUT2D eigenvalue weighted by atomic mass is 10.1. The van der Waals surface area contributed by atoms with Crippen LogP contribution >= 0.6 is 0 Å². The van der Waals surface area contributed by atoms with Gasteiger partial charge in [-0.15, -0.1) is 0 Å². The Morgan fingerprint density at radius 3 is 2.47 bits per heavy atom. The predicted molar refractivity (Wildman–Crippen MR) is 63.1 cm³/mol. The van der Waals surface area contributed by atoms with E-state index in [2.05, 4.69) is 42.1 Å². The monoisotopic (exact) mass is 207 g/mol. The molecule has 0 fully saturated rings. The molecule has 0 saturated carbocycles. The molecule has 0 aliphatic heterocycles. The van der Waals surface area contributed by atoms with E-state index >= 15 is 0 Å². The van der Waals surface area contributed by atoms with Gasteiger partial charge in [-0.25, -0.2) is 9.97 Å². The Bertz CT molecular complexity index is 321. The van der Waals surface area contributed by atoms with Crippen LogP contribution in [-0.2, 0) is 6.42 Å². The Morgan fingerprint density at radius 2 is 1.93 bits per heavy atom. The Kier molecular flexibility index (Phi) is 4.21. The standard InChI is InChI=1S/C12H21N3/c1-8(2)12-14-10(4)7-11(15-12)6-9(3)13-5/h7-9,13H,6H2,1-5H3. The average Bonchev–Trinajstić information content (AvgIpc) is 2.16. The summed E-state index contributed by atoms with van der Waals surface area (Å²) in [4.78, 5) is 9.00. The van der Waals surface area contributed by atoms with Crippen LogP contribution in [0.15, 0.2) is 6.07 Å². The van der Waals surface area contributed by atoms with Crippen molar-refractivity contribution in [3.63, 3.8) is 0 Å². The molecule has 1 aromatic heterocycles. The number of hydrogen-bond acceptors (Lipinski definition) is 3. The topological polar surface area (TPSA) is 37.8 Å². The molecule has 1 atom stereocenters. The van der Waals surface area contributed by atoms with Crippen LogP contribution in [0.25, 0.3) is 0 Å². The first kappa shape index (κ1) is 12.1. The third kappa shape index (κ3) is 3.59. The highest BCUT2D eigenvalue weighted by atomic mass is 14.9. The zero-order valence-corrected chi connectivity index (χ0v) is 10.3. The number of aromatic nitrogens is 2. The Hall–Kier alpha value is -0.960. The van der Waals surface area contributed by atoms with Gasteiger partial charge in [0.05, 0.1) is 0 Å². The molecule has 0 aliphatic carbocycles. The van der Waals surface area contributed by atoms with Crippen LogP contribution in [0.3, 0.4) is 0 Å². The maximum Gasteiger partial charge on any atom is 0.131 e. The Morgan fingerprint density at radius 1 is 1.27 bits per heavy atom. The predicted octanol–water partition coefficient (Wildman–Crippen LogP) is 2.06. The van der Waals surface area contributed by atoms with E-state index < -0.39 is 0 Å². The van der Waals surface area contributed by atoms with Crippen molar-refractivity contribution in [2.24, 2.45) is 0 Å². The average molecular weight is 207 g/mol. The summed E-state index contributed by atoms with van der Waals surface area (Å²) < 4.78 is 0. The maximum absolute atomic E-state index is 4.57. The van der Waals surface area contributed by atoms with Gasteiger partial charge < -0.3 is 5.32 Å². The van der Waals surface area contributed by atoms with Crippen molar-refractivity contribution in [3.05, 3.63) is 23.3 Å². The van der Waals surface area contributed by atoms with Crippen LogP contribution in [0.1, 0.15) is 43.9 Å². The van der Waals surface area contributed by atoms with Gasteiger partial charge in [-0.1, -0.05) is 13.8 Å². The van der Waals surface area contributed by atoms with Gasteiger partial charge in [-0.2, -0.15) is 0 Å². The van der Waals surface area contributed by atoms with E-state index in [1.165, 1.54) is 0 Å². The van der Waals surface area contributed by atoms with Crippen molar-refractivity contribution >= 4 is 0 Å². The lowest BCUT2D eigenvalue weighted by Gasteiger charge is -2.12. The van der Waals surface area contributed by atoms with Gasteiger partial charge in [0.1, 0.15) is 5.82 Å². The highest BCUT2D eigenvalue weighted by Gasteiger charge is 2.08. The fraction of sp³-hybridized carbons (Fsp3) is 0.667. The maximum atomic E-state index is 4.57. The Labute approximate surface area is 92.3 Å². The molecule has 84 valence electrons. The van der Waals surface area contributed by atoms with Gasteiger partial charge >= 0.3 is 0 Å². The molecule has 0 aromatic carbocycles. The van der Waals surface area contributed by atoms with Gasteiger partial charge in [-0.3, -0.25) is 0 Å². The molecule has 1 aromatic rings. The molecule has 0 amide bonds. The van der Waals surface area contributed by atoms with E-state index in [4.69, 9.17) is 0 Å². The number of aryl methyl sites for hydroxylation is 1. The van der Waals surface area contributed by atoms with E-state index in [0.717, 1.165) is 23.6 Å². The molecule has 3 nitrogen and oxygen atoms in total. The first-order valence-electron chi connectivity index (χ1n) is 5.54. The van der Waals surface area contributed by atoms with Crippen molar-refractivity contribution in [1.29, 1.82) is 0 Å². The fourth-order valence-corrected chi connectivity index (χ4v) is 1.44. The van der Waals surface area contributed by atoms with Crippen LogP contribution in [0.4, 0.5) is 0 Å². The van der Waals surface area contributed by atoms with Crippen LogP contribution in [0, 0.1) is 6.92 Å². The third-order valence-corrected chi connectivity index (χ3v) is 2.45. The van der Waals surface area contributed by atoms with Crippen molar-refractivity contribution in [1.82, 2.24) is 15.3 Å². The molecule has 1 N–H and O–H groups in total. The first-order valence-corrected chi connectivity index (χ1v) is 5.54. The minimum absolute atomic E-state index is 0.397. The molecule has 1 rings (SSSR count). The number of nitrogens with zero attached hydrogens (tertiary/aromatic N) is 2. The molecule has 1 unspecified atom stereocenters. The number of likely N-dealkylation sites (N-methyl/N-ethyl adjacent to an activating group) is 1. The fourth-order valence-electron chi connectivity index (χ4n) is 1.44. The second-order valence-corrected chi connectivity index (χ2v) is 4.41. The van der Waals surface area contributed by atoms with Crippen molar-refractivity contribution in [3.8, 4) is 0 Å². The molecule has 0 saturated heterocycles. The largest absolute Gasteiger partial charge is 0.317 e. The summed E-state index contributed by atoms with van der Waals surface area (Å²) in [5.41, 5.74) is 2.19. The number of hydrogen-bond donors (Lipinski definition) is 1. The number of nitrogens with one attached hydrogen (secondary N) is 1. The molecule has 0 spiro atoms. The summed E-state index contributed by atoms with van der Waals surface area (Å²) in [6, 6.07) is 2.53. The van der Waals surface area contributed by atoms with Gasteiger partial charge in [-0.05, 0) is 27.0 Å². The summed E-state index contributed by atoms with van der Waals surface area (Å²) >= 11 is 0. The molecule has 0 aliphatic rings. The molecule has 15 heavy (non-hydrogen) atoms. The number of rotatable bonds is 4. The summed E-state index contributed by atoms with van der Waals surface area (Å²) in [5, 5.41) is 3.22. The molecule has 3 heteroatoms. The van der Waals surface area contributed by atoms with E-state index in [9.17, 15) is 0 Å². The minimum Gasteiger partial charge on any atom is -0.317 e. The molecular weight excluding hydrogens is 186 g/mol. The lowest BCUT2D eigenvalue weighted by molar-refractivity contribution is 0.594. The smallest absolute Gasteiger partial charge is 0.131 e. The molecule has 0 radical (unpaired) electrons. The SMILES string of the molecule is CNC(C)Cc1cc(C)nc(C(C)C)n1. The zero-order valence-electron chi connectivity index (χ0n) is 10.3. The van der Waals surface area contributed by atoms with Gasteiger partial charge in [0.2, 0.25) is 0 Å². The second-order valence-electron chi connectivity index (χ2n) is 4.41. The first-order chi connectivity index (χ1) is 7.02. The van der Waals surface area contributed by atoms with Crippen molar-refractivity contribution in [2.45, 2.75) is 46.1 Å². The third-order valence-electron chi connectivity index (χ3n) is 2.45. The van der Waals surface area contributed by atoms with Crippen LogP contribution in [0.2, 0.25) is 0 Å². The van der Waals surface area contributed by atoms with Crippen LogP contribution in [-0.4, -0.2) is 23.1 Å². The van der Waals surface area contributed by atoms with Gasteiger partial charge in [0, 0.05) is 29.8 Å². The molecular formula is C12H21N3. The van der Waals surface area contributed by atoms with Crippen LogP contribution in [0.5, 0.6) is 0 Å². The Balaban J connectivity index is 2.88. The second kappa shape index (κ2) is 5.21.